The lowest BCUT2D eigenvalue weighted by Gasteiger charge is -2.23. The van der Waals surface area contributed by atoms with Gasteiger partial charge in [0.2, 0.25) is 5.91 Å². The molecule has 6 heteroatoms. The number of nitriles is 1. The second-order valence-corrected chi connectivity index (χ2v) is 4.19. The highest BCUT2D eigenvalue weighted by Crippen LogP contribution is 2.13. The van der Waals surface area contributed by atoms with Crippen molar-refractivity contribution in [2.24, 2.45) is 0 Å². The van der Waals surface area contributed by atoms with E-state index in [1.54, 1.807) is 4.90 Å². The van der Waals surface area contributed by atoms with E-state index in [1.807, 2.05) is 36.4 Å². The first-order chi connectivity index (χ1) is 9.63. The fourth-order valence-corrected chi connectivity index (χ4v) is 1.73. The summed E-state index contributed by atoms with van der Waals surface area (Å²) in [6.45, 7) is 0.540. The lowest BCUT2D eigenvalue weighted by Crippen LogP contribution is -2.38. The molecule has 106 valence electrons. The second-order valence-electron chi connectivity index (χ2n) is 4.19. The molecule has 6 nitrogen and oxygen atoms in total. The third-order valence-corrected chi connectivity index (χ3v) is 2.64. The summed E-state index contributed by atoms with van der Waals surface area (Å²) >= 11 is 0. The summed E-state index contributed by atoms with van der Waals surface area (Å²) in [5.74, 6) is -1.11. The van der Waals surface area contributed by atoms with E-state index in [2.05, 4.69) is 5.32 Å². The van der Waals surface area contributed by atoms with Crippen LogP contribution in [0.5, 0.6) is 0 Å². The lowest BCUT2D eigenvalue weighted by molar-refractivity contribution is -0.137. The molecule has 1 amide bonds. The lowest BCUT2D eigenvalue weighted by atomic mass is 10.2. The SMILES string of the molecule is N#CCNC(=O)CN(CCCC(=O)O)c1ccccc1. The van der Waals surface area contributed by atoms with Crippen molar-refractivity contribution in [1.29, 1.82) is 5.26 Å². The molecule has 0 spiro atoms. The van der Waals surface area contributed by atoms with Crippen molar-refractivity contribution in [3.8, 4) is 6.07 Å². The highest BCUT2D eigenvalue weighted by atomic mass is 16.4. The van der Waals surface area contributed by atoms with Crippen molar-refractivity contribution in [2.45, 2.75) is 12.8 Å². The van der Waals surface area contributed by atoms with Crippen molar-refractivity contribution in [2.75, 3.05) is 24.5 Å². The molecule has 2 N–H and O–H groups in total. The average Bonchev–Trinajstić information content (AvgIpc) is 2.44. The highest BCUT2D eigenvalue weighted by Gasteiger charge is 2.11. The van der Waals surface area contributed by atoms with Crippen LogP contribution in [-0.4, -0.2) is 36.6 Å². The molecule has 1 rings (SSSR count). The molecule has 0 radical (unpaired) electrons. The summed E-state index contributed by atoms with van der Waals surface area (Å²) in [5.41, 5.74) is 0.852. The number of hydrogen-bond donors (Lipinski definition) is 2. The number of aliphatic carboxylic acids is 1. The van der Waals surface area contributed by atoms with Gasteiger partial charge in [-0.15, -0.1) is 0 Å². The van der Waals surface area contributed by atoms with Crippen LogP contribution >= 0.6 is 0 Å². The Bertz CT molecular complexity index is 482. The number of anilines is 1. The summed E-state index contributed by atoms with van der Waals surface area (Å²) in [5, 5.41) is 19.6. The third kappa shape index (κ3) is 5.87. The number of carbonyl (C=O) groups excluding carboxylic acids is 1. The molecule has 1 aromatic rings. The van der Waals surface area contributed by atoms with Crippen LogP contribution in [0.15, 0.2) is 30.3 Å². The number of carboxylic acid groups (broad SMARTS) is 1. The van der Waals surface area contributed by atoms with Crippen LogP contribution in [-0.2, 0) is 9.59 Å². The maximum absolute atomic E-state index is 11.7. The monoisotopic (exact) mass is 275 g/mol. The number of carboxylic acids is 1. The van der Waals surface area contributed by atoms with Gasteiger partial charge in [0, 0.05) is 18.7 Å². The molecular formula is C14H17N3O3. The Morgan fingerprint density at radius 3 is 2.60 bits per heavy atom. The van der Waals surface area contributed by atoms with Crippen LogP contribution in [0.1, 0.15) is 12.8 Å². The van der Waals surface area contributed by atoms with E-state index >= 15 is 0 Å². The van der Waals surface area contributed by atoms with E-state index in [4.69, 9.17) is 10.4 Å². The van der Waals surface area contributed by atoms with E-state index in [0.717, 1.165) is 5.69 Å². The van der Waals surface area contributed by atoms with Crippen molar-refractivity contribution >= 4 is 17.6 Å². The maximum Gasteiger partial charge on any atom is 0.303 e. The number of benzene rings is 1. The maximum atomic E-state index is 11.7. The average molecular weight is 275 g/mol. The summed E-state index contributed by atoms with van der Waals surface area (Å²) in [6, 6.07) is 11.1. The zero-order chi connectivity index (χ0) is 14.8. The van der Waals surface area contributed by atoms with Crippen LogP contribution in [0.25, 0.3) is 0 Å². The number of hydrogen-bond acceptors (Lipinski definition) is 4. The molecule has 0 aliphatic heterocycles. The second kappa shape index (κ2) is 8.53. The smallest absolute Gasteiger partial charge is 0.303 e. The van der Waals surface area contributed by atoms with E-state index < -0.39 is 5.97 Å². The van der Waals surface area contributed by atoms with Gasteiger partial charge in [-0.2, -0.15) is 5.26 Å². The normalized spacial score (nSPS) is 9.55. The van der Waals surface area contributed by atoms with Crippen molar-refractivity contribution in [1.82, 2.24) is 5.32 Å². The Kier molecular flexibility index (Phi) is 6.62. The fourth-order valence-electron chi connectivity index (χ4n) is 1.73. The largest absolute Gasteiger partial charge is 0.481 e. The molecule has 1 aromatic carbocycles. The van der Waals surface area contributed by atoms with E-state index in [0.29, 0.717) is 13.0 Å². The first kappa shape index (κ1) is 15.5. The van der Waals surface area contributed by atoms with Crippen LogP contribution < -0.4 is 10.2 Å². The van der Waals surface area contributed by atoms with Crippen molar-refractivity contribution < 1.29 is 14.7 Å². The van der Waals surface area contributed by atoms with Gasteiger partial charge in [0.25, 0.3) is 0 Å². The number of nitrogens with zero attached hydrogens (tertiary/aromatic N) is 2. The standard InChI is InChI=1S/C14H17N3O3/c15-8-9-16-13(18)11-17(10-4-7-14(19)20)12-5-2-1-3-6-12/h1-3,5-6H,4,7,9-11H2,(H,16,18)(H,19,20). The molecular weight excluding hydrogens is 258 g/mol. The molecule has 0 saturated carbocycles. The van der Waals surface area contributed by atoms with Crippen molar-refractivity contribution in [3.63, 3.8) is 0 Å². The Labute approximate surface area is 117 Å². The Morgan fingerprint density at radius 2 is 2.00 bits per heavy atom. The summed E-state index contributed by atoms with van der Waals surface area (Å²) < 4.78 is 0. The minimum atomic E-state index is -0.855. The molecule has 0 heterocycles. The molecule has 0 unspecified atom stereocenters. The van der Waals surface area contributed by atoms with Gasteiger partial charge in [-0.05, 0) is 18.6 Å². The first-order valence-electron chi connectivity index (χ1n) is 6.29. The van der Waals surface area contributed by atoms with Gasteiger partial charge in [-0.1, -0.05) is 18.2 Å². The summed E-state index contributed by atoms with van der Waals surface area (Å²) in [7, 11) is 0. The van der Waals surface area contributed by atoms with Crippen molar-refractivity contribution in [3.05, 3.63) is 30.3 Å². The number of carbonyl (C=O) groups is 2. The van der Waals surface area contributed by atoms with Crippen LogP contribution in [0, 0.1) is 11.3 Å². The number of nitrogens with one attached hydrogen (secondary N) is 1. The molecule has 0 atom stereocenters. The predicted octanol–water partition coefficient (Wildman–Crippen LogP) is 0.998. The third-order valence-electron chi connectivity index (χ3n) is 2.64. The van der Waals surface area contributed by atoms with Crippen LogP contribution in [0.3, 0.4) is 0 Å². The quantitative estimate of drug-likeness (QED) is 0.690. The van der Waals surface area contributed by atoms with Gasteiger partial charge in [-0.25, -0.2) is 0 Å². The van der Waals surface area contributed by atoms with Gasteiger partial charge in [0.05, 0.1) is 12.6 Å². The minimum Gasteiger partial charge on any atom is -0.481 e. The van der Waals surface area contributed by atoms with Gasteiger partial charge in [0.15, 0.2) is 0 Å². The molecule has 0 aliphatic carbocycles. The summed E-state index contributed by atoms with van der Waals surface area (Å²) in [4.78, 5) is 24.0. The Balaban J connectivity index is 2.62. The highest BCUT2D eigenvalue weighted by molar-refractivity contribution is 5.81. The Hall–Kier alpha value is -2.55. The van der Waals surface area contributed by atoms with E-state index in [1.165, 1.54) is 0 Å². The molecule has 0 saturated heterocycles. The zero-order valence-corrected chi connectivity index (χ0v) is 11.1. The van der Waals surface area contributed by atoms with Crippen LogP contribution in [0.4, 0.5) is 5.69 Å². The molecule has 0 bridgehead atoms. The first-order valence-corrected chi connectivity index (χ1v) is 6.29. The fraction of sp³-hybridized carbons (Fsp3) is 0.357. The van der Waals surface area contributed by atoms with E-state index in [-0.39, 0.29) is 25.4 Å². The zero-order valence-electron chi connectivity index (χ0n) is 11.1. The van der Waals surface area contributed by atoms with Gasteiger partial charge < -0.3 is 15.3 Å². The minimum absolute atomic E-state index is 0.0312. The van der Waals surface area contributed by atoms with E-state index in [9.17, 15) is 9.59 Å². The van der Waals surface area contributed by atoms with Crippen LogP contribution in [0.2, 0.25) is 0 Å². The van der Waals surface area contributed by atoms with Gasteiger partial charge in [0.1, 0.15) is 6.54 Å². The summed E-state index contributed by atoms with van der Waals surface area (Å²) in [6.07, 6.45) is 0.513. The predicted molar refractivity (Wildman–Crippen MR) is 74.1 cm³/mol. The van der Waals surface area contributed by atoms with Gasteiger partial charge >= 0.3 is 5.97 Å². The Morgan fingerprint density at radius 1 is 1.30 bits per heavy atom. The molecule has 0 fully saturated rings. The molecule has 20 heavy (non-hydrogen) atoms. The number of para-hydroxylation sites is 1. The topological polar surface area (TPSA) is 93.4 Å². The molecule has 0 aromatic heterocycles. The molecule has 0 aliphatic rings. The number of amides is 1. The van der Waals surface area contributed by atoms with Gasteiger partial charge in [-0.3, -0.25) is 9.59 Å². The number of rotatable bonds is 8.